The Hall–Kier alpha value is -0.970. The van der Waals surface area contributed by atoms with Crippen LogP contribution in [0.1, 0.15) is 0 Å². The standard InChI is InChI=1S/C3H4N2/c1-5-3-2-4/h1-4H/b3-2+. The largest absolute Gasteiger partial charge is 0.699 e. The van der Waals surface area contributed by atoms with E-state index < -0.39 is 0 Å². The fourth-order valence-electron chi connectivity index (χ4n) is 0.0430. The molecule has 0 amide bonds. The molecule has 0 unspecified atom stereocenters. The van der Waals surface area contributed by atoms with Gasteiger partial charge in [0.1, 0.15) is 0 Å². The minimum Gasteiger partial charge on any atom is -0.699 e. The van der Waals surface area contributed by atoms with Gasteiger partial charge in [-0.05, 0) is 4.85 Å². The van der Waals surface area contributed by atoms with Crippen molar-refractivity contribution in [2.24, 2.45) is 0 Å². The van der Waals surface area contributed by atoms with Gasteiger partial charge in [0.05, 0.1) is 0 Å². The third-order valence-corrected chi connectivity index (χ3v) is 0.161. The first kappa shape index (κ1) is 4.03. The molecule has 2 heteroatoms. The molecule has 1 N–H and O–H groups in total. The van der Waals surface area contributed by atoms with Crippen molar-refractivity contribution in [2.45, 2.75) is 0 Å². The zero-order valence-corrected chi connectivity index (χ0v) is 2.68. The van der Waals surface area contributed by atoms with Crippen molar-refractivity contribution >= 4 is 0 Å². The molecule has 0 aliphatic heterocycles. The molecular weight excluding hydrogens is 64.0 g/mol. The van der Waals surface area contributed by atoms with Crippen LogP contribution in [0.3, 0.4) is 0 Å². The molecule has 0 aromatic heterocycles. The highest BCUT2D eigenvalue weighted by Crippen LogP contribution is 1.66. The van der Waals surface area contributed by atoms with E-state index in [9.17, 15) is 0 Å². The van der Waals surface area contributed by atoms with Crippen molar-refractivity contribution in [3.8, 4) is 6.57 Å². The molecule has 0 aromatic carbocycles. The molecule has 0 heterocycles. The molecule has 5 heavy (non-hydrogen) atoms. The molecule has 0 fully saturated rings. The summed E-state index contributed by atoms with van der Waals surface area (Å²) in [6, 6.07) is 0. The van der Waals surface area contributed by atoms with Gasteiger partial charge in [0.25, 0.3) is 12.8 Å². The monoisotopic (exact) mass is 68.0 g/mol. The number of hydrogen-bond acceptors (Lipinski definition) is 0. The Morgan fingerprint density at radius 2 is 2.40 bits per heavy atom. The molecule has 0 bridgehead atoms. The molecule has 26 valence electrons. The van der Waals surface area contributed by atoms with Gasteiger partial charge in [-0.1, -0.05) is 6.20 Å². The van der Waals surface area contributed by atoms with Crippen LogP contribution in [0.5, 0.6) is 0 Å². The average Bonchev–Trinajstić information content (AvgIpc) is 1.41. The maximum absolute atomic E-state index is 6.25. The maximum Gasteiger partial charge on any atom is 0.283 e. The lowest BCUT2D eigenvalue weighted by molar-refractivity contribution is 2.01. The van der Waals surface area contributed by atoms with Crippen LogP contribution in [0.15, 0.2) is 12.4 Å². The van der Waals surface area contributed by atoms with Gasteiger partial charge in [-0.15, -0.1) is 0 Å². The lowest BCUT2D eigenvalue weighted by atomic mass is 11.0. The van der Waals surface area contributed by atoms with E-state index in [0.717, 1.165) is 6.20 Å². The molecule has 0 radical (unpaired) electrons. The zero-order chi connectivity index (χ0) is 4.12. The van der Waals surface area contributed by atoms with Crippen molar-refractivity contribution < 1.29 is 0 Å². The topological polar surface area (TPSA) is 28.2 Å². The highest BCUT2D eigenvalue weighted by Gasteiger charge is 1.50. The maximum atomic E-state index is 6.25. The van der Waals surface area contributed by atoms with Crippen LogP contribution in [0, 0.1) is 6.57 Å². The molecule has 0 atom stereocenters. The van der Waals surface area contributed by atoms with Crippen molar-refractivity contribution in [2.75, 3.05) is 0 Å². The number of nitrogens with zero attached hydrogens (tertiary/aromatic N) is 1. The predicted octanol–water partition coefficient (Wildman–Crippen LogP) is 1.47. The van der Waals surface area contributed by atoms with E-state index in [4.69, 9.17) is 5.73 Å². The van der Waals surface area contributed by atoms with Crippen LogP contribution in [-0.4, -0.2) is 0 Å². The minimum atomic E-state index is 1.01. The Morgan fingerprint density at radius 3 is 2.40 bits per heavy atom. The SMILES string of the molecule is C#[N+]/C=C/[NH-]. The molecule has 0 aromatic rings. The second-order valence-electron chi connectivity index (χ2n) is 0.465. The summed E-state index contributed by atoms with van der Waals surface area (Å²) in [5.74, 6) is 0. The van der Waals surface area contributed by atoms with Crippen LogP contribution in [-0.2, 0) is 0 Å². The first-order valence-electron chi connectivity index (χ1n) is 1.14. The summed E-state index contributed by atoms with van der Waals surface area (Å²) in [4.78, 5) is 2.99. The summed E-state index contributed by atoms with van der Waals surface area (Å²) < 4.78 is 0. The highest BCUT2D eigenvalue weighted by atomic mass is 14.6. The van der Waals surface area contributed by atoms with Crippen molar-refractivity contribution in [1.29, 1.82) is 0 Å². The Morgan fingerprint density at radius 1 is 1.80 bits per heavy atom. The van der Waals surface area contributed by atoms with E-state index in [1.165, 1.54) is 6.20 Å². The van der Waals surface area contributed by atoms with E-state index in [-0.39, 0.29) is 0 Å². The van der Waals surface area contributed by atoms with Crippen molar-refractivity contribution in [3.63, 3.8) is 0 Å². The van der Waals surface area contributed by atoms with Gasteiger partial charge in [0, 0.05) is 0 Å². The van der Waals surface area contributed by atoms with Crippen LogP contribution in [0.4, 0.5) is 0 Å². The number of nitrogens with one attached hydrogen (secondary N) is 1. The highest BCUT2D eigenvalue weighted by molar-refractivity contribution is 4.94. The van der Waals surface area contributed by atoms with Crippen molar-refractivity contribution in [1.82, 2.24) is 0 Å². The van der Waals surface area contributed by atoms with E-state index in [2.05, 4.69) is 11.4 Å². The first-order chi connectivity index (χ1) is 2.41. The Balaban J connectivity index is 3.04. The van der Waals surface area contributed by atoms with Gasteiger partial charge >= 0.3 is 0 Å². The van der Waals surface area contributed by atoms with Crippen LogP contribution in [0.25, 0.3) is 10.6 Å². The van der Waals surface area contributed by atoms with E-state index in [0.29, 0.717) is 0 Å². The lowest BCUT2D eigenvalue weighted by Crippen LogP contribution is -1.26. The van der Waals surface area contributed by atoms with Gasteiger partial charge < -0.3 is 5.73 Å². The normalized spacial score (nSPS) is 7.80. The second kappa shape index (κ2) is 3.03. The molecule has 0 saturated carbocycles. The smallest absolute Gasteiger partial charge is 0.283 e. The summed E-state index contributed by atoms with van der Waals surface area (Å²) in [6.45, 7) is 4.56. The Labute approximate surface area is 30.7 Å². The van der Waals surface area contributed by atoms with Crippen LogP contribution in [0.2, 0.25) is 0 Å². The molecule has 0 aliphatic rings. The summed E-state index contributed by atoms with van der Waals surface area (Å²) >= 11 is 0. The molecular formula is C3H4N2. The Bertz CT molecular complexity index is 67.5. The average molecular weight is 68.1 g/mol. The summed E-state index contributed by atoms with van der Waals surface area (Å²) in [5, 5.41) is 0. The quantitative estimate of drug-likeness (QED) is 0.411. The summed E-state index contributed by atoms with van der Waals surface area (Å²) in [7, 11) is 0. The van der Waals surface area contributed by atoms with E-state index in [1.807, 2.05) is 0 Å². The van der Waals surface area contributed by atoms with Gasteiger partial charge in [0.2, 0.25) is 0 Å². The third-order valence-electron chi connectivity index (χ3n) is 0.161. The van der Waals surface area contributed by atoms with Gasteiger partial charge in [0.15, 0.2) is 0 Å². The Kier molecular flexibility index (Phi) is 2.44. The summed E-state index contributed by atoms with van der Waals surface area (Å²) in [5.41, 5.74) is 6.25. The van der Waals surface area contributed by atoms with Gasteiger partial charge in [-0.3, -0.25) is 0 Å². The van der Waals surface area contributed by atoms with Gasteiger partial charge in [-0.2, -0.15) is 0 Å². The fraction of sp³-hybridized carbons (Fsp3) is 0. The fourth-order valence-corrected chi connectivity index (χ4v) is 0.0430. The van der Waals surface area contributed by atoms with Crippen LogP contribution < -0.4 is 0 Å². The van der Waals surface area contributed by atoms with Crippen LogP contribution >= 0.6 is 0 Å². The van der Waals surface area contributed by atoms with E-state index in [1.54, 1.807) is 0 Å². The molecule has 2 nitrogen and oxygen atoms in total. The number of hydrogen-bond donors (Lipinski definition) is 0. The minimum absolute atomic E-state index is 1.01. The van der Waals surface area contributed by atoms with E-state index >= 15 is 0 Å². The molecule has 0 spiro atoms. The number of rotatable bonds is 0. The second-order valence-corrected chi connectivity index (χ2v) is 0.465. The first-order valence-corrected chi connectivity index (χ1v) is 1.14. The molecule has 0 saturated heterocycles. The zero-order valence-electron chi connectivity index (χ0n) is 2.68. The predicted molar refractivity (Wildman–Crippen MR) is 21.8 cm³/mol. The molecule has 0 rings (SSSR count). The summed E-state index contributed by atoms with van der Waals surface area (Å²) in [6.07, 6.45) is 2.21. The molecule has 0 aliphatic carbocycles. The third kappa shape index (κ3) is 3.03. The van der Waals surface area contributed by atoms with Gasteiger partial charge in [-0.25, -0.2) is 0 Å². The van der Waals surface area contributed by atoms with Crippen molar-refractivity contribution in [3.05, 3.63) is 23.0 Å². The lowest BCUT2D eigenvalue weighted by Gasteiger charge is -1.61.